The molecule has 0 aliphatic carbocycles. The normalized spacial score (nSPS) is 18.2. The topological polar surface area (TPSA) is 52.8 Å². The van der Waals surface area contributed by atoms with Crippen molar-refractivity contribution in [3.05, 3.63) is 24.2 Å². The molecule has 0 amide bonds. The monoisotopic (exact) mass is 306 g/mol. The van der Waals surface area contributed by atoms with Crippen LogP contribution in [-0.2, 0) is 0 Å². The van der Waals surface area contributed by atoms with E-state index >= 15 is 0 Å². The summed E-state index contributed by atoms with van der Waals surface area (Å²) >= 11 is 0. The average molecular weight is 306 g/mol. The van der Waals surface area contributed by atoms with Crippen LogP contribution in [0.1, 0.15) is 50.8 Å². The van der Waals surface area contributed by atoms with Crippen LogP contribution >= 0.6 is 0 Å². The number of piperidine rings is 1. The Morgan fingerprint density at radius 1 is 1.32 bits per heavy atom. The first-order valence-electron chi connectivity index (χ1n) is 8.57. The van der Waals surface area contributed by atoms with Crippen molar-refractivity contribution in [1.29, 1.82) is 0 Å². The highest BCUT2D eigenvalue weighted by Crippen LogP contribution is 2.24. The van der Waals surface area contributed by atoms with Crippen LogP contribution in [0.15, 0.2) is 27.8 Å². The smallest absolute Gasteiger partial charge is 0.191 e. The van der Waals surface area contributed by atoms with Gasteiger partial charge >= 0.3 is 0 Å². The Balaban J connectivity index is 1.91. The van der Waals surface area contributed by atoms with Crippen LogP contribution in [-0.4, -0.2) is 44.1 Å². The summed E-state index contributed by atoms with van der Waals surface area (Å²) in [6, 6.07) is 4.33. The maximum atomic E-state index is 5.67. The largest absolute Gasteiger partial charge is 0.468 e. The summed E-state index contributed by atoms with van der Waals surface area (Å²) in [5, 5.41) is 6.81. The Hall–Kier alpha value is -1.49. The summed E-state index contributed by atoms with van der Waals surface area (Å²) in [7, 11) is 1.82. The van der Waals surface area contributed by atoms with Gasteiger partial charge in [-0.1, -0.05) is 19.8 Å². The Kier molecular flexibility index (Phi) is 7.30. The number of hydrogen-bond donors (Lipinski definition) is 2. The van der Waals surface area contributed by atoms with Crippen LogP contribution in [0, 0.1) is 0 Å². The number of nitrogens with one attached hydrogen (secondary N) is 2. The zero-order valence-electron chi connectivity index (χ0n) is 14.0. The van der Waals surface area contributed by atoms with Crippen LogP contribution < -0.4 is 10.6 Å². The minimum Gasteiger partial charge on any atom is -0.468 e. The first-order chi connectivity index (χ1) is 10.8. The molecule has 0 saturated carbocycles. The third kappa shape index (κ3) is 5.05. The highest BCUT2D eigenvalue weighted by molar-refractivity contribution is 5.79. The standard InChI is InChI=1S/C17H30N4O/c1-3-4-10-19-17(18-2)20-14-15(16-9-8-13-22-16)21-11-6-5-7-12-21/h8-9,13,15H,3-7,10-12,14H2,1-2H3,(H2,18,19,20). The van der Waals surface area contributed by atoms with Gasteiger partial charge in [0.2, 0.25) is 0 Å². The first kappa shape index (κ1) is 16.9. The number of hydrogen-bond acceptors (Lipinski definition) is 3. The van der Waals surface area contributed by atoms with Gasteiger partial charge in [0.05, 0.1) is 12.3 Å². The van der Waals surface area contributed by atoms with E-state index in [-0.39, 0.29) is 6.04 Å². The van der Waals surface area contributed by atoms with Gasteiger partial charge in [0.1, 0.15) is 5.76 Å². The number of likely N-dealkylation sites (tertiary alicyclic amines) is 1. The number of unbranched alkanes of at least 4 members (excludes halogenated alkanes) is 1. The molecule has 2 rings (SSSR count). The van der Waals surface area contributed by atoms with Crippen molar-refractivity contribution >= 4 is 5.96 Å². The van der Waals surface area contributed by atoms with Crippen LogP contribution in [0.25, 0.3) is 0 Å². The van der Waals surface area contributed by atoms with Crippen molar-refractivity contribution < 1.29 is 4.42 Å². The second-order valence-electron chi connectivity index (χ2n) is 5.86. The zero-order valence-corrected chi connectivity index (χ0v) is 14.0. The van der Waals surface area contributed by atoms with Crippen LogP contribution in [0.4, 0.5) is 0 Å². The zero-order chi connectivity index (χ0) is 15.6. The average Bonchev–Trinajstić information content (AvgIpc) is 3.09. The van der Waals surface area contributed by atoms with Gasteiger partial charge in [0, 0.05) is 20.1 Å². The molecule has 0 bridgehead atoms. The molecule has 22 heavy (non-hydrogen) atoms. The first-order valence-corrected chi connectivity index (χ1v) is 8.57. The van der Waals surface area contributed by atoms with Crippen molar-refractivity contribution in [3.63, 3.8) is 0 Å². The molecule has 1 unspecified atom stereocenters. The molecule has 0 spiro atoms. The van der Waals surface area contributed by atoms with Gasteiger partial charge in [-0.2, -0.15) is 0 Å². The Labute approximate surface area is 134 Å². The van der Waals surface area contributed by atoms with Gasteiger partial charge in [0.15, 0.2) is 5.96 Å². The van der Waals surface area contributed by atoms with E-state index in [0.29, 0.717) is 0 Å². The number of guanidine groups is 1. The number of furan rings is 1. The number of aliphatic imine (C=N–C) groups is 1. The molecule has 2 N–H and O–H groups in total. The van der Waals surface area contributed by atoms with E-state index in [1.165, 1.54) is 25.7 Å². The lowest BCUT2D eigenvalue weighted by Gasteiger charge is -2.33. The second-order valence-corrected chi connectivity index (χ2v) is 5.86. The molecule has 0 aromatic carbocycles. The van der Waals surface area contributed by atoms with Gasteiger partial charge < -0.3 is 15.1 Å². The van der Waals surface area contributed by atoms with Crippen molar-refractivity contribution in [1.82, 2.24) is 15.5 Å². The summed E-state index contributed by atoms with van der Waals surface area (Å²) in [6.07, 6.45) is 8.01. The number of nitrogens with zero attached hydrogens (tertiary/aromatic N) is 2. The summed E-state index contributed by atoms with van der Waals surface area (Å²) in [4.78, 5) is 6.83. The Morgan fingerprint density at radius 2 is 2.14 bits per heavy atom. The molecule has 5 nitrogen and oxygen atoms in total. The molecule has 1 aromatic rings. The Morgan fingerprint density at radius 3 is 2.77 bits per heavy atom. The quantitative estimate of drug-likeness (QED) is 0.462. The molecule has 2 heterocycles. The van der Waals surface area contributed by atoms with E-state index in [9.17, 15) is 0 Å². The molecule has 5 heteroatoms. The fraction of sp³-hybridized carbons (Fsp3) is 0.706. The highest BCUT2D eigenvalue weighted by Gasteiger charge is 2.24. The SMILES string of the molecule is CCCCNC(=NC)NCC(c1ccco1)N1CCCCC1. The summed E-state index contributed by atoms with van der Waals surface area (Å²) < 4.78 is 5.67. The third-order valence-electron chi connectivity index (χ3n) is 4.21. The summed E-state index contributed by atoms with van der Waals surface area (Å²) in [5.74, 6) is 1.92. The lowest BCUT2D eigenvalue weighted by Crippen LogP contribution is -2.44. The van der Waals surface area contributed by atoms with Gasteiger partial charge in [0.25, 0.3) is 0 Å². The molecule has 1 atom stereocenters. The summed E-state index contributed by atoms with van der Waals surface area (Å²) in [6.45, 7) is 6.27. The van der Waals surface area contributed by atoms with Gasteiger partial charge in [-0.05, 0) is 44.5 Å². The van der Waals surface area contributed by atoms with E-state index < -0.39 is 0 Å². The van der Waals surface area contributed by atoms with Crippen LogP contribution in [0.5, 0.6) is 0 Å². The van der Waals surface area contributed by atoms with Crippen molar-refractivity contribution in [2.24, 2.45) is 4.99 Å². The third-order valence-corrected chi connectivity index (χ3v) is 4.21. The maximum Gasteiger partial charge on any atom is 0.191 e. The molecule has 124 valence electrons. The predicted octanol–water partition coefficient (Wildman–Crippen LogP) is 2.77. The molecule has 1 aliphatic heterocycles. The molecule has 1 fully saturated rings. The Bertz CT molecular complexity index is 424. The van der Waals surface area contributed by atoms with Gasteiger partial charge in [-0.25, -0.2) is 0 Å². The van der Waals surface area contributed by atoms with Crippen molar-refractivity contribution in [3.8, 4) is 0 Å². The van der Waals surface area contributed by atoms with E-state index in [1.54, 1.807) is 6.26 Å². The molecular weight excluding hydrogens is 276 g/mol. The minimum absolute atomic E-state index is 0.278. The highest BCUT2D eigenvalue weighted by atomic mass is 16.3. The molecule has 0 radical (unpaired) electrons. The van der Waals surface area contributed by atoms with Gasteiger partial charge in [-0.3, -0.25) is 9.89 Å². The summed E-state index contributed by atoms with van der Waals surface area (Å²) in [5.41, 5.74) is 0. The lowest BCUT2D eigenvalue weighted by molar-refractivity contribution is 0.146. The van der Waals surface area contributed by atoms with Crippen molar-refractivity contribution in [2.75, 3.05) is 33.2 Å². The molecule has 1 aliphatic rings. The lowest BCUT2D eigenvalue weighted by atomic mass is 10.1. The fourth-order valence-corrected chi connectivity index (χ4v) is 2.92. The molecular formula is C17H30N4O. The second kappa shape index (κ2) is 9.51. The van der Waals surface area contributed by atoms with Gasteiger partial charge in [-0.15, -0.1) is 0 Å². The van der Waals surface area contributed by atoms with Crippen molar-refractivity contribution in [2.45, 2.75) is 45.1 Å². The predicted molar refractivity (Wildman–Crippen MR) is 91.1 cm³/mol. The maximum absolute atomic E-state index is 5.67. The van der Waals surface area contributed by atoms with E-state index in [1.807, 2.05) is 13.1 Å². The minimum atomic E-state index is 0.278. The van der Waals surface area contributed by atoms with E-state index in [2.05, 4.69) is 33.5 Å². The van der Waals surface area contributed by atoms with E-state index in [0.717, 1.165) is 44.3 Å². The van der Waals surface area contributed by atoms with E-state index in [4.69, 9.17) is 4.42 Å². The van der Waals surface area contributed by atoms with Crippen LogP contribution in [0.2, 0.25) is 0 Å². The fourth-order valence-electron chi connectivity index (χ4n) is 2.92. The van der Waals surface area contributed by atoms with Crippen LogP contribution in [0.3, 0.4) is 0 Å². The molecule has 1 saturated heterocycles. The molecule has 1 aromatic heterocycles. The number of rotatable bonds is 7.